The molecule has 0 saturated heterocycles. The van der Waals surface area contributed by atoms with Crippen LogP contribution in [-0.2, 0) is 16.6 Å². The second kappa shape index (κ2) is 6.46. The Morgan fingerprint density at radius 2 is 2.00 bits per heavy atom. The number of nitrogens with one attached hydrogen (secondary N) is 1. The lowest BCUT2D eigenvalue weighted by Crippen LogP contribution is -2.24. The quantitative estimate of drug-likeness (QED) is 0.684. The number of halogens is 1. The zero-order valence-electron chi connectivity index (χ0n) is 12.8. The van der Waals surface area contributed by atoms with Crippen LogP contribution >= 0.6 is 15.9 Å². The van der Waals surface area contributed by atoms with Crippen molar-refractivity contribution >= 4 is 26.0 Å². The molecule has 10 heteroatoms. The molecule has 0 aliphatic heterocycles. The Balaban J connectivity index is 1.76. The maximum absolute atomic E-state index is 12.3. The van der Waals surface area contributed by atoms with E-state index in [2.05, 4.69) is 35.9 Å². The highest BCUT2D eigenvalue weighted by Crippen LogP contribution is 2.21. The van der Waals surface area contributed by atoms with E-state index in [0.29, 0.717) is 11.5 Å². The third kappa shape index (κ3) is 3.40. The van der Waals surface area contributed by atoms with Gasteiger partial charge < -0.3 is 9.05 Å². The minimum absolute atomic E-state index is 0.0224. The molecule has 0 radical (unpaired) electrons. The summed E-state index contributed by atoms with van der Waals surface area (Å²) in [5.41, 5.74) is 1.05. The maximum atomic E-state index is 12.3. The molecule has 3 rings (SSSR count). The molecule has 0 aliphatic rings. The monoisotopic (exact) mass is 412 g/mol. The summed E-state index contributed by atoms with van der Waals surface area (Å²) in [6.07, 6.45) is 0. The fraction of sp³-hybridized carbons (Fsp3) is 0.214. The van der Waals surface area contributed by atoms with Gasteiger partial charge in [0, 0.05) is 10.0 Å². The number of aryl methyl sites for hydroxylation is 2. The van der Waals surface area contributed by atoms with E-state index in [9.17, 15) is 8.42 Å². The number of nitrogens with zero attached hydrogens (tertiary/aromatic N) is 3. The molecule has 0 saturated carbocycles. The summed E-state index contributed by atoms with van der Waals surface area (Å²) in [5.74, 6) is 0.753. The topological polar surface area (TPSA) is 111 Å². The largest absolute Gasteiger partial charge is 0.360 e. The third-order valence-electron chi connectivity index (χ3n) is 3.20. The summed E-state index contributed by atoms with van der Waals surface area (Å²) in [6, 6.07) is 7.38. The molecule has 126 valence electrons. The predicted molar refractivity (Wildman–Crippen MR) is 87.4 cm³/mol. The van der Waals surface area contributed by atoms with E-state index in [-0.39, 0.29) is 23.1 Å². The van der Waals surface area contributed by atoms with Crippen molar-refractivity contribution in [2.45, 2.75) is 25.3 Å². The van der Waals surface area contributed by atoms with Crippen molar-refractivity contribution in [1.29, 1.82) is 0 Å². The Labute approximate surface area is 146 Å². The smallest absolute Gasteiger partial charge is 0.246 e. The molecule has 1 aromatic carbocycles. The van der Waals surface area contributed by atoms with E-state index >= 15 is 0 Å². The van der Waals surface area contributed by atoms with E-state index in [1.54, 1.807) is 6.92 Å². The Bertz CT molecular complexity index is 961. The van der Waals surface area contributed by atoms with Gasteiger partial charge in [-0.3, -0.25) is 0 Å². The Morgan fingerprint density at radius 3 is 2.67 bits per heavy atom. The van der Waals surface area contributed by atoms with Gasteiger partial charge in [-0.25, -0.2) is 13.1 Å². The van der Waals surface area contributed by atoms with Crippen LogP contribution in [0.4, 0.5) is 0 Å². The zero-order valence-corrected chi connectivity index (χ0v) is 15.2. The molecule has 1 N–H and O–H groups in total. The lowest BCUT2D eigenvalue weighted by atomic mass is 10.2. The van der Waals surface area contributed by atoms with Gasteiger partial charge in [0.05, 0.1) is 6.54 Å². The highest BCUT2D eigenvalue weighted by molar-refractivity contribution is 9.10. The molecule has 0 bridgehead atoms. The molecule has 24 heavy (non-hydrogen) atoms. The van der Waals surface area contributed by atoms with Crippen LogP contribution in [0.5, 0.6) is 0 Å². The van der Waals surface area contributed by atoms with Gasteiger partial charge >= 0.3 is 0 Å². The van der Waals surface area contributed by atoms with Crippen molar-refractivity contribution in [3.63, 3.8) is 0 Å². The van der Waals surface area contributed by atoms with E-state index in [0.717, 1.165) is 10.0 Å². The van der Waals surface area contributed by atoms with E-state index < -0.39 is 10.0 Å². The van der Waals surface area contributed by atoms with Crippen LogP contribution in [0.2, 0.25) is 0 Å². The van der Waals surface area contributed by atoms with Crippen LogP contribution in [0.1, 0.15) is 17.3 Å². The van der Waals surface area contributed by atoms with Gasteiger partial charge in [0.25, 0.3) is 0 Å². The molecule has 0 unspecified atom stereocenters. The Hall–Kier alpha value is -2.04. The molecular formula is C14H13BrN4O4S. The first-order valence-electron chi connectivity index (χ1n) is 6.88. The van der Waals surface area contributed by atoms with Crippen molar-refractivity contribution in [3.05, 3.63) is 46.1 Å². The number of sulfonamides is 1. The molecule has 0 fully saturated rings. The van der Waals surface area contributed by atoms with E-state index in [4.69, 9.17) is 9.05 Å². The van der Waals surface area contributed by atoms with Gasteiger partial charge in [-0.15, -0.1) is 0 Å². The summed E-state index contributed by atoms with van der Waals surface area (Å²) < 4.78 is 37.9. The van der Waals surface area contributed by atoms with E-state index in [1.165, 1.54) is 6.92 Å². The number of aromatic nitrogens is 3. The first-order chi connectivity index (χ1) is 11.4. The number of hydrogen-bond acceptors (Lipinski definition) is 7. The third-order valence-corrected chi connectivity index (χ3v) is 5.34. The maximum Gasteiger partial charge on any atom is 0.246 e. The summed E-state index contributed by atoms with van der Waals surface area (Å²) in [5, 5.41) is 7.49. The average molecular weight is 413 g/mol. The van der Waals surface area contributed by atoms with Gasteiger partial charge in [-0.05, 0) is 26.0 Å². The first kappa shape index (κ1) is 16.8. The second-order valence-corrected chi connectivity index (χ2v) is 7.62. The zero-order chi connectivity index (χ0) is 17.3. The summed E-state index contributed by atoms with van der Waals surface area (Å²) in [6.45, 7) is 2.96. The summed E-state index contributed by atoms with van der Waals surface area (Å²) in [4.78, 5) is 4.21. The van der Waals surface area contributed by atoms with Crippen LogP contribution in [0.15, 0.2) is 42.7 Å². The van der Waals surface area contributed by atoms with Gasteiger partial charge in [-0.1, -0.05) is 38.4 Å². The lowest BCUT2D eigenvalue weighted by molar-refractivity contribution is 0.375. The van der Waals surface area contributed by atoms with Crippen molar-refractivity contribution in [3.8, 4) is 11.4 Å². The van der Waals surface area contributed by atoms with E-state index in [1.807, 2.05) is 24.3 Å². The standard InChI is InChI=1S/C14H13BrN4O4S/c1-8-13(9(2)22-18-8)24(20,21)16-7-12-17-14(19-23-12)10-4-3-5-11(15)6-10/h3-6,16H,7H2,1-2H3. The number of benzene rings is 1. The second-order valence-electron chi connectivity index (χ2n) is 5.00. The lowest BCUT2D eigenvalue weighted by Gasteiger charge is -2.03. The van der Waals surface area contributed by atoms with Crippen LogP contribution < -0.4 is 4.72 Å². The number of hydrogen-bond donors (Lipinski definition) is 1. The van der Waals surface area contributed by atoms with Gasteiger partial charge in [0.1, 0.15) is 10.6 Å². The van der Waals surface area contributed by atoms with Crippen LogP contribution in [0, 0.1) is 13.8 Å². The van der Waals surface area contributed by atoms with Crippen molar-refractivity contribution in [2.75, 3.05) is 0 Å². The summed E-state index contributed by atoms with van der Waals surface area (Å²) in [7, 11) is -3.78. The minimum atomic E-state index is -3.78. The molecule has 0 atom stereocenters. The Morgan fingerprint density at radius 1 is 1.21 bits per heavy atom. The van der Waals surface area contributed by atoms with Gasteiger partial charge in [0.15, 0.2) is 5.76 Å². The fourth-order valence-electron chi connectivity index (χ4n) is 2.16. The average Bonchev–Trinajstić information content (AvgIpc) is 3.12. The van der Waals surface area contributed by atoms with Crippen LogP contribution in [0.25, 0.3) is 11.4 Å². The SMILES string of the molecule is Cc1noc(C)c1S(=O)(=O)NCc1nc(-c2cccc(Br)c2)no1. The summed E-state index contributed by atoms with van der Waals surface area (Å²) >= 11 is 3.37. The Kier molecular flexibility index (Phi) is 4.52. The molecular weight excluding hydrogens is 400 g/mol. The minimum Gasteiger partial charge on any atom is -0.360 e. The highest BCUT2D eigenvalue weighted by Gasteiger charge is 2.24. The highest BCUT2D eigenvalue weighted by atomic mass is 79.9. The molecule has 0 spiro atoms. The van der Waals surface area contributed by atoms with Gasteiger partial charge in [-0.2, -0.15) is 4.98 Å². The molecule has 0 aliphatic carbocycles. The molecule has 2 aromatic heterocycles. The normalized spacial score (nSPS) is 11.8. The van der Waals surface area contributed by atoms with Crippen molar-refractivity contribution in [2.24, 2.45) is 0 Å². The molecule has 0 amide bonds. The fourth-order valence-corrected chi connectivity index (χ4v) is 3.86. The molecule has 8 nitrogen and oxygen atoms in total. The first-order valence-corrected chi connectivity index (χ1v) is 9.15. The molecule has 3 aromatic rings. The number of rotatable bonds is 5. The van der Waals surface area contributed by atoms with Crippen molar-refractivity contribution < 1.29 is 17.5 Å². The molecule has 2 heterocycles. The predicted octanol–water partition coefficient (Wildman–Crippen LogP) is 2.58. The van der Waals surface area contributed by atoms with Gasteiger partial charge in [0.2, 0.25) is 21.7 Å². The van der Waals surface area contributed by atoms with Crippen LogP contribution in [0.3, 0.4) is 0 Å². The van der Waals surface area contributed by atoms with Crippen LogP contribution in [-0.4, -0.2) is 23.7 Å². The van der Waals surface area contributed by atoms with Crippen molar-refractivity contribution in [1.82, 2.24) is 20.0 Å².